The monoisotopic (exact) mass is 297 g/mol. The summed E-state index contributed by atoms with van der Waals surface area (Å²) in [6.07, 6.45) is 0. The van der Waals surface area contributed by atoms with E-state index in [1.54, 1.807) is 32.2 Å². The summed E-state index contributed by atoms with van der Waals surface area (Å²) in [5, 5.41) is 12.1. The van der Waals surface area contributed by atoms with Crippen LogP contribution in [0.15, 0.2) is 18.2 Å². The molecule has 2 aromatic rings. The Labute approximate surface area is 120 Å². The summed E-state index contributed by atoms with van der Waals surface area (Å²) in [6.45, 7) is 3.64. The zero-order valence-corrected chi connectivity index (χ0v) is 12.2. The van der Waals surface area contributed by atoms with Crippen LogP contribution in [0.3, 0.4) is 0 Å². The maximum atomic E-state index is 13.8. The first-order valence-electron chi connectivity index (χ1n) is 6.15. The van der Waals surface area contributed by atoms with Gasteiger partial charge in [-0.2, -0.15) is 0 Å². The number of hydrogen-bond donors (Lipinski definition) is 1. The first-order valence-corrected chi connectivity index (χ1v) is 6.97. The quantitative estimate of drug-likeness (QED) is 0.796. The molecule has 0 saturated heterocycles. The van der Waals surface area contributed by atoms with Gasteiger partial charge in [0.15, 0.2) is 11.6 Å². The Morgan fingerprint density at radius 1 is 1.35 bits per heavy atom. The van der Waals surface area contributed by atoms with Gasteiger partial charge in [0.25, 0.3) is 5.19 Å². The zero-order valence-electron chi connectivity index (χ0n) is 11.4. The van der Waals surface area contributed by atoms with Crippen LogP contribution < -0.4 is 10.1 Å². The van der Waals surface area contributed by atoms with Gasteiger partial charge < -0.3 is 14.8 Å². The molecule has 0 radical (unpaired) electrons. The summed E-state index contributed by atoms with van der Waals surface area (Å²) in [5.74, 6) is -0.206. The summed E-state index contributed by atoms with van der Waals surface area (Å²) in [4.78, 5) is 0. The predicted molar refractivity (Wildman–Crippen MR) is 74.7 cm³/mol. The van der Waals surface area contributed by atoms with E-state index < -0.39 is 0 Å². The molecule has 1 N–H and O–H groups in total. The van der Waals surface area contributed by atoms with Crippen molar-refractivity contribution in [3.05, 3.63) is 34.6 Å². The van der Waals surface area contributed by atoms with Crippen LogP contribution in [-0.2, 0) is 11.3 Å². The van der Waals surface area contributed by atoms with Gasteiger partial charge in [0.05, 0.1) is 6.61 Å². The van der Waals surface area contributed by atoms with E-state index in [4.69, 9.17) is 9.47 Å². The van der Waals surface area contributed by atoms with Gasteiger partial charge in [0.1, 0.15) is 5.01 Å². The Morgan fingerprint density at radius 3 is 3.00 bits per heavy atom. The number of ether oxygens (including phenoxy) is 2. The van der Waals surface area contributed by atoms with Gasteiger partial charge in [-0.1, -0.05) is 28.6 Å². The second-order valence-electron chi connectivity index (χ2n) is 4.12. The minimum atomic E-state index is -0.373. The number of nitrogens with zero attached hydrogens (tertiary/aromatic N) is 2. The van der Waals surface area contributed by atoms with E-state index in [2.05, 4.69) is 15.5 Å². The molecule has 7 heteroatoms. The molecule has 0 fully saturated rings. The van der Waals surface area contributed by atoms with Crippen LogP contribution in [0.4, 0.5) is 4.39 Å². The average Bonchev–Trinajstić information content (AvgIpc) is 2.88. The fourth-order valence-electron chi connectivity index (χ4n) is 1.51. The van der Waals surface area contributed by atoms with E-state index in [9.17, 15) is 4.39 Å². The summed E-state index contributed by atoms with van der Waals surface area (Å²) in [6, 6.07) is 5.00. The largest absolute Gasteiger partial charge is 0.427 e. The van der Waals surface area contributed by atoms with Gasteiger partial charge in [-0.3, -0.25) is 0 Å². The van der Waals surface area contributed by atoms with Crippen LogP contribution in [0.5, 0.6) is 10.9 Å². The molecule has 0 aliphatic heterocycles. The zero-order chi connectivity index (χ0) is 14.4. The summed E-state index contributed by atoms with van der Waals surface area (Å²) in [5.41, 5.74) is 0.536. The Morgan fingerprint density at radius 2 is 2.20 bits per heavy atom. The third-order valence-electron chi connectivity index (χ3n) is 2.56. The Kier molecular flexibility index (Phi) is 5.40. The molecular weight excluding hydrogens is 281 g/mol. The van der Waals surface area contributed by atoms with Crippen LogP contribution in [0.2, 0.25) is 0 Å². The fraction of sp³-hybridized carbons (Fsp3) is 0.385. The first-order chi connectivity index (χ1) is 9.70. The molecule has 0 saturated carbocycles. The number of hydrogen-bond acceptors (Lipinski definition) is 6. The molecular formula is C13H16FN3O2S. The average molecular weight is 297 g/mol. The van der Waals surface area contributed by atoms with Crippen molar-refractivity contribution in [2.24, 2.45) is 0 Å². The van der Waals surface area contributed by atoms with Gasteiger partial charge in [0, 0.05) is 20.2 Å². The van der Waals surface area contributed by atoms with Crippen LogP contribution in [0.1, 0.15) is 10.6 Å². The number of methoxy groups -OCH3 is 1. The maximum Gasteiger partial charge on any atom is 0.299 e. The van der Waals surface area contributed by atoms with E-state index in [0.29, 0.717) is 23.9 Å². The van der Waals surface area contributed by atoms with Crippen molar-refractivity contribution in [3.63, 3.8) is 0 Å². The summed E-state index contributed by atoms with van der Waals surface area (Å²) in [7, 11) is 1.65. The summed E-state index contributed by atoms with van der Waals surface area (Å²) < 4.78 is 24.1. The topological polar surface area (TPSA) is 56.3 Å². The Hall–Kier alpha value is -1.57. The van der Waals surface area contributed by atoms with E-state index in [0.717, 1.165) is 11.6 Å². The molecule has 0 atom stereocenters. The highest BCUT2D eigenvalue weighted by Gasteiger charge is 2.10. The number of rotatable bonds is 7. The molecule has 1 aromatic carbocycles. The SMILES string of the molecule is COCCNCc1nnc(Oc2cccc(C)c2F)s1. The highest BCUT2D eigenvalue weighted by molar-refractivity contribution is 7.13. The lowest BCUT2D eigenvalue weighted by molar-refractivity contribution is 0.199. The van der Waals surface area contributed by atoms with Crippen molar-refractivity contribution in [3.8, 4) is 10.9 Å². The second kappa shape index (κ2) is 7.28. The number of aryl methyl sites for hydroxylation is 1. The van der Waals surface area contributed by atoms with Crippen LogP contribution >= 0.6 is 11.3 Å². The Balaban J connectivity index is 1.94. The lowest BCUT2D eigenvalue weighted by Crippen LogP contribution is -2.18. The normalized spacial score (nSPS) is 10.8. The third kappa shape index (κ3) is 3.96. The van der Waals surface area contributed by atoms with E-state index >= 15 is 0 Å². The van der Waals surface area contributed by atoms with Gasteiger partial charge in [-0.15, -0.1) is 5.10 Å². The molecule has 5 nitrogen and oxygen atoms in total. The third-order valence-corrected chi connectivity index (χ3v) is 3.36. The van der Waals surface area contributed by atoms with Crippen molar-refractivity contribution in [2.75, 3.05) is 20.3 Å². The lowest BCUT2D eigenvalue weighted by atomic mass is 10.2. The maximum absolute atomic E-state index is 13.8. The van der Waals surface area contributed by atoms with Crippen molar-refractivity contribution in [1.29, 1.82) is 0 Å². The molecule has 1 heterocycles. The van der Waals surface area contributed by atoms with E-state index in [-0.39, 0.29) is 11.6 Å². The smallest absolute Gasteiger partial charge is 0.299 e. The van der Waals surface area contributed by atoms with Gasteiger partial charge >= 0.3 is 0 Å². The van der Waals surface area contributed by atoms with Crippen molar-refractivity contribution in [2.45, 2.75) is 13.5 Å². The predicted octanol–water partition coefficient (Wildman–Crippen LogP) is 2.51. The first kappa shape index (κ1) is 14.8. The van der Waals surface area contributed by atoms with Gasteiger partial charge in [0.2, 0.25) is 0 Å². The van der Waals surface area contributed by atoms with Crippen molar-refractivity contribution in [1.82, 2.24) is 15.5 Å². The molecule has 0 aliphatic carbocycles. The molecule has 0 amide bonds. The number of halogens is 1. The van der Waals surface area contributed by atoms with E-state index in [1.165, 1.54) is 11.3 Å². The summed E-state index contributed by atoms with van der Waals surface area (Å²) >= 11 is 1.29. The molecule has 2 rings (SSSR count). The molecule has 20 heavy (non-hydrogen) atoms. The van der Waals surface area contributed by atoms with Crippen LogP contribution in [-0.4, -0.2) is 30.5 Å². The van der Waals surface area contributed by atoms with E-state index in [1.807, 2.05) is 0 Å². The van der Waals surface area contributed by atoms with Crippen molar-refractivity contribution < 1.29 is 13.9 Å². The van der Waals surface area contributed by atoms with Gasteiger partial charge in [-0.25, -0.2) is 4.39 Å². The lowest BCUT2D eigenvalue weighted by Gasteiger charge is -2.04. The molecule has 0 unspecified atom stereocenters. The second-order valence-corrected chi connectivity index (χ2v) is 5.14. The number of benzene rings is 1. The highest BCUT2D eigenvalue weighted by Crippen LogP contribution is 2.28. The molecule has 1 aromatic heterocycles. The number of aromatic nitrogens is 2. The molecule has 0 spiro atoms. The molecule has 0 aliphatic rings. The highest BCUT2D eigenvalue weighted by atomic mass is 32.1. The Bertz CT molecular complexity index is 562. The molecule has 0 bridgehead atoms. The standard InChI is InChI=1S/C13H16FN3O2S/c1-9-4-3-5-10(12(9)14)19-13-17-16-11(20-13)8-15-6-7-18-2/h3-5,15H,6-8H2,1-2H3. The molecule has 108 valence electrons. The fourth-order valence-corrected chi connectivity index (χ4v) is 2.18. The van der Waals surface area contributed by atoms with Gasteiger partial charge in [-0.05, 0) is 18.6 Å². The number of nitrogens with one attached hydrogen (secondary N) is 1. The van der Waals surface area contributed by atoms with Crippen LogP contribution in [0, 0.1) is 12.7 Å². The minimum Gasteiger partial charge on any atom is -0.427 e. The van der Waals surface area contributed by atoms with Crippen molar-refractivity contribution >= 4 is 11.3 Å². The minimum absolute atomic E-state index is 0.167. The van der Waals surface area contributed by atoms with Crippen LogP contribution in [0.25, 0.3) is 0 Å².